The van der Waals surface area contributed by atoms with Gasteiger partial charge in [-0.1, -0.05) is 12.5 Å². The summed E-state index contributed by atoms with van der Waals surface area (Å²) in [4.78, 5) is 12.9. The van der Waals surface area contributed by atoms with Gasteiger partial charge in [-0.15, -0.1) is 0 Å². The van der Waals surface area contributed by atoms with Crippen molar-refractivity contribution in [3.05, 3.63) is 39.4 Å². The van der Waals surface area contributed by atoms with Crippen LogP contribution in [0, 0.1) is 10.1 Å². The van der Waals surface area contributed by atoms with Gasteiger partial charge in [0.2, 0.25) is 0 Å². The number of nitro groups is 1. The molecule has 1 saturated carbocycles. The lowest BCUT2D eigenvalue weighted by atomic mass is 9.88. The lowest BCUT2D eigenvalue weighted by Crippen LogP contribution is -2.42. The van der Waals surface area contributed by atoms with Crippen LogP contribution in [0.25, 0.3) is 0 Å². The minimum absolute atomic E-state index is 0.221. The molecular weight excluding hydrogens is 216 g/mol. The van der Waals surface area contributed by atoms with Crippen molar-refractivity contribution in [2.75, 3.05) is 6.54 Å². The van der Waals surface area contributed by atoms with Crippen molar-refractivity contribution >= 4 is 5.69 Å². The minimum Gasteiger partial charge on any atom is -0.296 e. The van der Waals surface area contributed by atoms with Gasteiger partial charge in [0, 0.05) is 31.3 Å². The van der Waals surface area contributed by atoms with Gasteiger partial charge in [-0.3, -0.25) is 15.0 Å². The molecule has 1 fully saturated rings. The van der Waals surface area contributed by atoms with Crippen LogP contribution in [-0.4, -0.2) is 22.4 Å². The van der Waals surface area contributed by atoms with Crippen LogP contribution in [0.4, 0.5) is 5.69 Å². The van der Waals surface area contributed by atoms with Crippen LogP contribution in [0.5, 0.6) is 0 Å². The van der Waals surface area contributed by atoms with Gasteiger partial charge in [-0.05, 0) is 30.4 Å². The summed E-state index contributed by atoms with van der Waals surface area (Å²) in [6.07, 6.45) is 4.96. The summed E-state index contributed by atoms with van der Waals surface area (Å²) in [5.41, 5.74) is 2.66. The molecule has 0 radical (unpaired) electrons. The number of fused-ring (bicyclic) bond motifs is 1. The van der Waals surface area contributed by atoms with E-state index in [1.54, 1.807) is 12.1 Å². The first-order valence-corrected chi connectivity index (χ1v) is 6.24. The van der Waals surface area contributed by atoms with E-state index in [0.717, 1.165) is 31.1 Å². The molecule has 90 valence electrons. The van der Waals surface area contributed by atoms with E-state index < -0.39 is 0 Å². The molecule has 1 aromatic rings. The Hall–Kier alpha value is -1.42. The lowest BCUT2D eigenvalue weighted by Gasteiger charge is -2.40. The van der Waals surface area contributed by atoms with Gasteiger partial charge >= 0.3 is 0 Å². The number of nitro benzene ring substituents is 1. The quantitative estimate of drug-likeness (QED) is 0.581. The van der Waals surface area contributed by atoms with E-state index in [9.17, 15) is 10.1 Å². The lowest BCUT2D eigenvalue weighted by molar-refractivity contribution is -0.385. The Morgan fingerprint density at radius 1 is 1.29 bits per heavy atom. The van der Waals surface area contributed by atoms with Gasteiger partial charge in [-0.2, -0.15) is 0 Å². The third-order valence-corrected chi connectivity index (χ3v) is 4.03. The maximum atomic E-state index is 10.8. The summed E-state index contributed by atoms with van der Waals surface area (Å²) < 4.78 is 0. The van der Waals surface area contributed by atoms with Crippen LogP contribution in [0.2, 0.25) is 0 Å². The van der Waals surface area contributed by atoms with E-state index in [1.165, 1.54) is 24.8 Å². The molecule has 0 amide bonds. The highest BCUT2D eigenvalue weighted by Crippen LogP contribution is 2.31. The smallest absolute Gasteiger partial charge is 0.269 e. The zero-order valence-corrected chi connectivity index (χ0v) is 9.76. The molecule has 1 aliphatic carbocycles. The zero-order valence-electron chi connectivity index (χ0n) is 9.76. The van der Waals surface area contributed by atoms with E-state index >= 15 is 0 Å². The Bertz CT molecular complexity index is 455. The summed E-state index contributed by atoms with van der Waals surface area (Å²) in [6.45, 7) is 2.00. The second kappa shape index (κ2) is 4.11. The molecule has 0 aromatic heterocycles. The molecule has 1 heterocycles. The van der Waals surface area contributed by atoms with Gasteiger partial charge in [0.05, 0.1) is 4.92 Å². The molecule has 3 rings (SSSR count). The summed E-state index contributed by atoms with van der Waals surface area (Å²) in [6, 6.07) is 6.02. The number of hydrogen-bond acceptors (Lipinski definition) is 3. The average molecular weight is 232 g/mol. The molecule has 0 atom stereocenters. The van der Waals surface area contributed by atoms with Crippen LogP contribution in [0.1, 0.15) is 30.4 Å². The van der Waals surface area contributed by atoms with Crippen LogP contribution < -0.4 is 0 Å². The molecular formula is C13H16N2O2. The summed E-state index contributed by atoms with van der Waals surface area (Å²) >= 11 is 0. The Morgan fingerprint density at radius 2 is 2.12 bits per heavy atom. The predicted octanol–water partition coefficient (Wildman–Crippen LogP) is 2.51. The predicted molar refractivity (Wildman–Crippen MR) is 64.8 cm³/mol. The molecule has 0 bridgehead atoms. The van der Waals surface area contributed by atoms with Gasteiger partial charge < -0.3 is 0 Å². The number of hydrogen-bond donors (Lipinski definition) is 0. The standard InChI is InChI=1S/C13H16N2O2/c16-15(17)13-5-4-10-6-7-14(9-11(10)8-13)12-2-1-3-12/h4-5,8,12H,1-3,6-7,9H2. The van der Waals surface area contributed by atoms with Crippen molar-refractivity contribution in [3.63, 3.8) is 0 Å². The molecule has 4 heteroatoms. The summed E-state index contributed by atoms with van der Waals surface area (Å²) in [7, 11) is 0. The highest BCUT2D eigenvalue weighted by Gasteiger charge is 2.28. The second-order valence-corrected chi connectivity index (χ2v) is 5.02. The Labute approximate surface area is 100 Å². The normalized spacial score (nSPS) is 20.7. The van der Waals surface area contributed by atoms with Gasteiger partial charge in [0.25, 0.3) is 5.69 Å². The number of non-ortho nitro benzene ring substituents is 1. The van der Waals surface area contributed by atoms with Crippen molar-refractivity contribution in [1.82, 2.24) is 4.90 Å². The Kier molecular flexibility index (Phi) is 2.59. The molecule has 17 heavy (non-hydrogen) atoms. The minimum atomic E-state index is -0.303. The van der Waals surface area contributed by atoms with Crippen molar-refractivity contribution in [3.8, 4) is 0 Å². The van der Waals surface area contributed by atoms with Crippen molar-refractivity contribution in [2.24, 2.45) is 0 Å². The number of rotatable bonds is 2. The van der Waals surface area contributed by atoms with E-state index in [1.807, 2.05) is 6.07 Å². The van der Waals surface area contributed by atoms with Crippen LogP contribution in [-0.2, 0) is 13.0 Å². The molecule has 1 aliphatic heterocycles. The van der Waals surface area contributed by atoms with Crippen molar-refractivity contribution in [1.29, 1.82) is 0 Å². The maximum Gasteiger partial charge on any atom is 0.269 e. The molecule has 4 nitrogen and oxygen atoms in total. The largest absolute Gasteiger partial charge is 0.296 e. The van der Waals surface area contributed by atoms with E-state index in [-0.39, 0.29) is 10.6 Å². The van der Waals surface area contributed by atoms with Gasteiger partial charge in [0.15, 0.2) is 0 Å². The first-order chi connectivity index (χ1) is 8.24. The van der Waals surface area contributed by atoms with Crippen molar-refractivity contribution < 1.29 is 4.92 Å². The first-order valence-electron chi connectivity index (χ1n) is 6.24. The zero-order chi connectivity index (χ0) is 11.8. The topological polar surface area (TPSA) is 46.4 Å². The fourth-order valence-corrected chi connectivity index (χ4v) is 2.74. The van der Waals surface area contributed by atoms with E-state index in [0.29, 0.717) is 0 Å². The molecule has 0 saturated heterocycles. The van der Waals surface area contributed by atoms with E-state index in [4.69, 9.17) is 0 Å². The average Bonchev–Trinajstić information content (AvgIpc) is 2.25. The van der Waals surface area contributed by atoms with Crippen LogP contribution >= 0.6 is 0 Å². The maximum absolute atomic E-state index is 10.8. The van der Waals surface area contributed by atoms with E-state index in [2.05, 4.69) is 4.90 Å². The molecule has 0 N–H and O–H groups in total. The third-order valence-electron chi connectivity index (χ3n) is 4.03. The number of benzene rings is 1. The van der Waals surface area contributed by atoms with Crippen LogP contribution in [0.3, 0.4) is 0 Å². The first kappa shape index (κ1) is 10.7. The second-order valence-electron chi connectivity index (χ2n) is 5.02. The monoisotopic (exact) mass is 232 g/mol. The highest BCUT2D eigenvalue weighted by atomic mass is 16.6. The van der Waals surface area contributed by atoms with Gasteiger partial charge in [-0.25, -0.2) is 0 Å². The van der Waals surface area contributed by atoms with Crippen molar-refractivity contribution in [2.45, 2.75) is 38.3 Å². The van der Waals surface area contributed by atoms with Gasteiger partial charge in [0.1, 0.15) is 0 Å². The molecule has 1 aromatic carbocycles. The Morgan fingerprint density at radius 3 is 2.76 bits per heavy atom. The number of nitrogens with zero attached hydrogens (tertiary/aromatic N) is 2. The SMILES string of the molecule is O=[N+]([O-])c1ccc2c(c1)CN(C1CCC1)CC2. The van der Waals surface area contributed by atoms with Crippen LogP contribution in [0.15, 0.2) is 18.2 Å². The third kappa shape index (κ3) is 1.93. The molecule has 0 spiro atoms. The highest BCUT2D eigenvalue weighted by molar-refractivity contribution is 5.41. The summed E-state index contributed by atoms with van der Waals surface area (Å²) in [5.74, 6) is 0. The molecule has 0 unspecified atom stereocenters. The fraction of sp³-hybridized carbons (Fsp3) is 0.538. The summed E-state index contributed by atoms with van der Waals surface area (Å²) in [5, 5.41) is 10.8. The Balaban J connectivity index is 1.83. The molecule has 2 aliphatic rings. The fourth-order valence-electron chi connectivity index (χ4n) is 2.74.